The van der Waals surface area contributed by atoms with E-state index in [4.69, 9.17) is 11.2 Å². The molecule has 0 saturated heterocycles. The molecule has 0 radical (unpaired) electrons. The summed E-state index contributed by atoms with van der Waals surface area (Å²) in [7, 11) is 1.56. The number of aliphatic hydroxyl groups is 1. The Labute approximate surface area is 90.1 Å². The molecule has 3 heteroatoms. The summed E-state index contributed by atoms with van der Waals surface area (Å²) in [5, 5.41) is 9.76. The van der Waals surface area contributed by atoms with Crippen LogP contribution in [0.2, 0.25) is 0 Å². The first-order valence-electron chi connectivity index (χ1n) is 4.89. The van der Waals surface area contributed by atoms with Crippen LogP contribution in [0.1, 0.15) is 30.9 Å². The molecule has 1 aromatic heterocycles. The largest absolute Gasteiger partial charge is 0.481 e. The lowest BCUT2D eigenvalue weighted by molar-refractivity contribution is 0.164. The first-order chi connectivity index (χ1) is 7.27. The minimum atomic E-state index is -0.489. The van der Waals surface area contributed by atoms with Gasteiger partial charge in [0.1, 0.15) is 0 Å². The molecule has 0 fully saturated rings. The summed E-state index contributed by atoms with van der Waals surface area (Å²) >= 11 is 0. The van der Waals surface area contributed by atoms with Crippen molar-refractivity contribution in [2.24, 2.45) is 0 Å². The maximum atomic E-state index is 9.76. The zero-order valence-electron chi connectivity index (χ0n) is 8.81. The summed E-state index contributed by atoms with van der Waals surface area (Å²) in [5.74, 6) is 3.10. The standard InChI is InChI=1S/C12H15NO2/c1-3-4-5-6-11(14)10-7-8-12(15-2)13-9-10/h1,7-9,11,14H,4-6H2,2H3. The summed E-state index contributed by atoms with van der Waals surface area (Å²) < 4.78 is 4.93. The van der Waals surface area contributed by atoms with E-state index in [9.17, 15) is 5.11 Å². The van der Waals surface area contributed by atoms with Gasteiger partial charge < -0.3 is 9.84 Å². The van der Waals surface area contributed by atoms with Gasteiger partial charge in [-0.1, -0.05) is 0 Å². The zero-order valence-corrected chi connectivity index (χ0v) is 8.81. The average molecular weight is 205 g/mol. The minimum absolute atomic E-state index is 0.489. The molecule has 80 valence electrons. The number of nitrogens with zero attached hydrogens (tertiary/aromatic N) is 1. The Balaban J connectivity index is 2.51. The quantitative estimate of drug-likeness (QED) is 0.590. The molecule has 1 atom stereocenters. The number of hydrogen-bond acceptors (Lipinski definition) is 3. The Hall–Kier alpha value is -1.53. The number of terminal acetylenes is 1. The molecule has 1 aromatic rings. The molecule has 0 amide bonds. The Morgan fingerprint density at radius 3 is 2.93 bits per heavy atom. The van der Waals surface area contributed by atoms with E-state index in [1.807, 2.05) is 6.07 Å². The molecular weight excluding hydrogens is 190 g/mol. The van der Waals surface area contributed by atoms with Crippen molar-refractivity contribution in [1.82, 2.24) is 4.98 Å². The van der Waals surface area contributed by atoms with Crippen molar-refractivity contribution >= 4 is 0 Å². The first kappa shape index (κ1) is 11.5. The molecule has 0 aliphatic carbocycles. The molecule has 1 heterocycles. The number of aliphatic hydroxyl groups excluding tert-OH is 1. The Bertz CT molecular complexity index is 326. The van der Waals surface area contributed by atoms with Gasteiger partial charge in [0.25, 0.3) is 0 Å². The van der Waals surface area contributed by atoms with Crippen LogP contribution in [0, 0.1) is 12.3 Å². The van der Waals surface area contributed by atoms with E-state index in [0.29, 0.717) is 18.7 Å². The number of pyridine rings is 1. The number of rotatable bonds is 5. The van der Waals surface area contributed by atoms with Crippen LogP contribution in [0.15, 0.2) is 18.3 Å². The van der Waals surface area contributed by atoms with Gasteiger partial charge in [-0.25, -0.2) is 4.98 Å². The average Bonchev–Trinajstić information content (AvgIpc) is 2.29. The molecule has 0 aliphatic rings. The number of aromatic nitrogens is 1. The maximum Gasteiger partial charge on any atom is 0.212 e. The lowest BCUT2D eigenvalue weighted by Crippen LogP contribution is -1.98. The van der Waals surface area contributed by atoms with Crippen molar-refractivity contribution in [3.05, 3.63) is 23.9 Å². The summed E-state index contributed by atoms with van der Waals surface area (Å²) in [6.07, 6.45) is 8.45. The van der Waals surface area contributed by atoms with Gasteiger partial charge in [-0.2, -0.15) is 0 Å². The highest BCUT2D eigenvalue weighted by atomic mass is 16.5. The molecule has 1 N–H and O–H groups in total. The van der Waals surface area contributed by atoms with Crippen LogP contribution in [0.25, 0.3) is 0 Å². The highest BCUT2D eigenvalue weighted by Gasteiger charge is 2.07. The Kier molecular flexibility index (Phi) is 4.65. The van der Waals surface area contributed by atoms with Crippen molar-refractivity contribution in [3.63, 3.8) is 0 Å². The van der Waals surface area contributed by atoms with Gasteiger partial charge in [-0.3, -0.25) is 0 Å². The fraction of sp³-hybridized carbons (Fsp3) is 0.417. The number of methoxy groups -OCH3 is 1. The predicted molar refractivity (Wildman–Crippen MR) is 58.4 cm³/mol. The van der Waals surface area contributed by atoms with E-state index < -0.39 is 6.10 Å². The van der Waals surface area contributed by atoms with Crippen molar-refractivity contribution in [2.45, 2.75) is 25.4 Å². The van der Waals surface area contributed by atoms with Crippen molar-refractivity contribution < 1.29 is 9.84 Å². The lowest BCUT2D eigenvalue weighted by atomic mass is 10.1. The molecule has 0 aliphatic heterocycles. The van der Waals surface area contributed by atoms with Gasteiger partial charge in [0.15, 0.2) is 0 Å². The fourth-order valence-electron chi connectivity index (χ4n) is 1.27. The van der Waals surface area contributed by atoms with Crippen molar-refractivity contribution in [3.8, 4) is 18.2 Å². The Morgan fingerprint density at radius 1 is 1.60 bits per heavy atom. The van der Waals surface area contributed by atoms with Crippen LogP contribution in [0.5, 0.6) is 5.88 Å². The molecule has 0 bridgehead atoms. The van der Waals surface area contributed by atoms with Gasteiger partial charge in [0.2, 0.25) is 5.88 Å². The molecular formula is C12H15NO2. The van der Waals surface area contributed by atoms with Crippen LogP contribution in [0.3, 0.4) is 0 Å². The minimum Gasteiger partial charge on any atom is -0.481 e. The predicted octanol–water partition coefficient (Wildman–Crippen LogP) is 1.93. The van der Waals surface area contributed by atoms with Crippen LogP contribution < -0.4 is 4.74 Å². The molecule has 15 heavy (non-hydrogen) atoms. The summed E-state index contributed by atoms with van der Waals surface area (Å²) in [4.78, 5) is 4.02. The van der Waals surface area contributed by atoms with Crippen LogP contribution in [0.4, 0.5) is 0 Å². The summed E-state index contributed by atoms with van der Waals surface area (Å²) in [5.41, 5.74) is 0.799. The first-order valence-corrected chi connectivity index (χ1v) is 4.89. The smallest absolute Gasteiger partial charge is 0.212 e. The summed E-state index contributed by atoms with van der Waals surface area (Å²) in [6.45, 7) is 0. The lowest BCUT2D eigenvalue weighted by Gasteiger charge is -2.09. The summed E-state index contributed by atoms with van der Waals surface area (Å²) in [6, 6.07) is 3.55. The highest BCUT2D eigenvalue weighted by molar-refractivity contribution is 5.19. The molecule has 1 rings (SSSR count). The van der Waals surface area contributed by atoms with E-state index >= 15 is 0 Å². The molecule has 0 aromatic carbocycles. The highest BCUT2D eigenvalue weighted by Crippen LogP contribution is 2.19. The van der Waals surface area contributed by atoms with E-state index in [2.05, 4.69) is 10.9 Å². The number of hydrogen-bond donors (Lipinski definition) is 1. The van der Waals surface area contributed by atoms with Gasteiger partial charge in [-0.15, -0.1) is 12.3 Å². The monoisotopic (exact) mass is 205 g/mol. The maximum absolute atomic E-state index is 9.76. The van der Waals surface area contributed by atoms with Crippen molar-refractivity contribution in [1.29, 1.82) is 0 Å². The Morgan fingerprint density at radius 2 is 2.40 bits per heavy atom. The van der Waals surface area contributed by atoms with E-state index in [0.717, 1.165) is 12.0 Å². The third-order valence-corrected chi connectivity index (χ3v) is 2.15. The van der Waals surface area contributed by atoms with Gasteiger partial charge in [0.05, 0.1) is 13.2 Å². The molecule has 1 unspecified atom stereocenters. The van der Waals surface area contributed by atoms with E-state index in [1.54, 1.807) is 19.4 Å². The normalized spacial score (nSPS) is 11.8. The second-order valence-corrected chi connectivity index (χ2v) is 3.25. The third kappa shape index (κ3) is 3.61. The topological polar surface area (TPSA) is 42.4 Å². The second kappa shape index (κ2) is 6.05. The van der Waals surface area contributed by atoms with Crippen LogP contribution in [-0.4, -0.2) is 17.2 Å². The van der Waals surface area contributed by atoms with Crippen molar-refractivity contribution in [2.75, 3.05) is 7.11 Å². The third-order valence-electron chi connectivity index (χ3n) is 2.15. The van der Waals surface area contributed by atoms with Gasteiger partial charge >= 0.3 is 0 Å². The number of ether oxygens (including phenoxy) is 1. The van der Waals surface area contributed by atoms with Gasteiger partial charge in [-0.05, 0) is 24.5 Å². The van der Waals surface area contributed by atoms with E-state index in [1.165, 1.54) is 0 Å². The molecule has 0 saturated carbocycles. The van der Waals surface area contributed by atoms with E-state index in [-0.39, 0.29) is 0 Å². The molecule has 0 spiro atoms. The molecule has 3 nitrogen and oxygen atoms in total. The second-order valence-electron chi connectivity index (χ2n) is 3.25. The zero-order chi connectivity index (χ0) is 11.1. The number of unbranched alkanes of at least 4 members (excludes halogenated alkanes) is 1. The van der Waals surface area contributed by atoms with Crippen LogP contribution in [-0.2, 0) is 0 Å². The fourth-order valence-corrected chi connectivity index (χ4v) is 1.27. The van der Waals surface area contributed by atoms with Gasteiger partial charge in [0, 0.05) is 18.7 Å². The SMILES string of the molecule is C#CCCCC(O)c1ccc(OC)nc1. The van der Waals surface area contributed by atoms with Crippen LogP contribution >= 0.6 is 0 Å².